The summed E-state index contributed by atoms with van der Waals surface area (Å²) >= 11 is 1.70. The van der Waals surface area contributed by atoms with Gasteiger partial charge in [0, 0.05) is 16.8 Å². The van der Waals surface area contributed by atoms with Gasteiger partial charge in [-0.25, -0.2) is 9.78 Å². The van der Waals surface area contributed by atoms with E-state index in [1.165, 1.54) is 12.0 Å². The molecule has 0 aliphatic carbocycles. The maximum atomic E-state index is 11.4. The van der Waals surface area contributed by atoms with Gasteiger partial charge >= 0.3 is 5.97 Å². The van der Waals surface area contributed by atoms with E-state index in [-0.39, 0.29) is 6.04 Å². The largest absolute Gasteiger partial charge is 0.464 e. The van der Waals surface area contributed by atoms with Crippen molar-refractivity contribution >= 4 is 23.0 Å². The zero-order valence-electron chi connectivity index (χ0n) is 10.2. The third-order valence-electron chi connectivity index (χ3n) is 2.51. The Balaban J connectivity index is 2.12. The molecule has 18 heavy (non-hydrogen) atoms. The van der Waals surface area contributed by atoms with E-state index >= 15 is 0 Å². The molecule has 2 aromatic rings. The maximum Gasteiger partial charge on any atom is 0.356 e. The Kier molecular flexibility index (Phi) is 3.94. The smallest absolute Gasteiger partial charge is 0.356 e. The number of anilines is 1. The van der Waals surface area contributed by atoms with Crippen LogP contribution in [0.5, 0.6) is 0 Å². The minimum absolute atomic E-state index is 0.192. The van der Waals surface area contributed by atoms with Crippen LogP contribution < -0.4 is 5.32 Å². The van der Waals surface area contributed by atoms with Crippen molar-refractivity contribution in [1.82, 2.24) is 4.98 Å². The fraction of sp³-hybridized carbons (Fsp3) is 0.231. The van der Waals surface area contributed by atoms with Gasteiger partial charge in [0.15, 0.2) is 0 Å². The van der Waals surface area contributed by atoms with E-state index in [1.54, 1.807) is 23.6 Å². The normalized spacial score (nSPS) is 11.9. The number of carbonyl (C=O) groups is 1. The van der Waals surface area contributed by atoms with Crippen LogP contribution in [0, 0.1) is 0 Å². The van der Waals surface area contributed by atoms with Crippen molar-refractivity contribution in [1.29, 1.82) is 0 Å². The van der Waals surface area contributed by atoms with Gasteiger partial charge in [0.05, 0.1) is 13.2 Å². The van der Waals surface area contributed by atoms with Crippen LogP contribution in [0.3, 0.4) is 0 Å². The molecule has 0 fully saturated rings. The van der Waals surface area contributed by atoms with Gasteiger partial charge in [-0.3, -0.25) is 0 Å². The van der Waals surface area contributed by atoms with E-state index in [0.717, 1.165) is 5.69 Å². The fourth-order valence-corrected chi connectivity index (χ4v) is 2.33. The summed E-state index contributed by atoms with van der Waals surface area (Å²) in [5.41, 5.74) is 1.16. The predicted molar refractivity (Wildman–Crippen MR) is 71.9 cm³/mol. The molecular weight excluding hydrogens is 248 g/mol. The molecule has 4 nitrogen and oxygen atoms in total. The first-order valence-corrected chi connectivity index (χ1v) is 6.43. The third kappa shape index (κ3) is 2.87. The summed E-state index contributed by atoms with van der Waals surface area (Å²) in [5.74, 6) is -0.428. The van der Waals surface area contributed by atoms with Crippen LogP contribution in [0.15, 0.2) is 35.8 Å². The maximum absolute atomic E-state index is 11.4. The van der Waals surface area contributed by atoms with E-state index in [2.05, 4.69) is 28.0 Å². The molecule has 0 saturated carbocycles. The van der Waals surface area contributed by atoms with Crippen molar-refractivity contribution in [3.8, 4) is 0 Å². The second kappa shape index (κ2) is 5.64. The summed E-state index contributed by atoms with van der Waals surface area (Å²) in [6.07, 6.45) is 1.59. The minimum Gasteiger partial charge on any atom is -0.464 e. The average molecular weight is 262 g/mol. The fourth-order valence-electron chi connectivity index (χ4n) is 1.60. The first-order chi connectivity index (χ1) is 8.70. The molecule has 1 atom stereocenters. The number of pyridine rings is 1. The summed E-state index contributed by atoms with van der Waals surface area (Å²) in [5, 5.41) is 5.37. The van der Waals surface area contributed by atoms with Gasteiger partial charge in [0.2, 0.25) is 0 Å². The van der Waals surface area contributed by atoms with Crippen molar-refractivity contribution in [2.45, 2.75) is 13.0 Å². The number of nitrogens with one attached hydrogen (secondary N) is 1. The predicted octanol–water partition coefficient (Wildman–Crippen LogP) is 3.10. The van der Waals surface area contributed by atoms with Gasteiger partial charge in [0.25, 0.3) is 0 Å². The summed E-state index contributed by atoms with van der Waals surface area (Å²) in [7, 11) is 1.35. The molecule has 0 aliphatic heterocycles. The van der Waals surface area contributed by atoms with Gasteiger partial charge in [0.1, 0.15) is 5.69 Å². The van der Waals surface area contributed by atoms with Gasteiger partial charge in [-0.05, 0) is 30.5 Å². The standard InChI is InChI=1S/C13H14N2O2S/c1-9(12-4-3-7-18-12)15-10-5-6-14-11(8-10)13(16)17-2/h3-9H,1-2H3,(H,14,15). The summed E-state index contributed by atoms with van der Waals surface area (Å²) in [6.45, 7) is 2.07. The van der Waals surface area contributed by atoms with E-state index < -0.39 is 5.97 Å². The van der Waals surface area contributed by atoms with Crippen molar-refractivity contribution in [2.75, 3.05) is 12.4 Å². The lowest BCUT2D eigenvalue weighted by molar-refractivity contribution is 0.0594. The molecule has 2 aromatic heterocycles. The minimum atomic E-state index is -0.428. The van der Waals surface area contributed by atoms with Gasteiger partial charge in [-0.2, -0.15) is 0 Å². The number of thiophene rings is 1. The molecule has 94 valence electrons. The van der Waals surface area contributed by atoms with Crippen LogP contribution in [0.1, 0.15) is 28.3 Å². The number of methoxy groups -OCH3 is 1. The zero-order chi connectivity index (χ0) is 13.0. The van der Waals surface area contributed by atoms with Gasteiger partial charge < -0.3 is 10.1 Å². The Bertz CT molecular complexity index is 526. The zero-order valence-corrected chi connectivity index (χ0v) is 11.0. The van der Waals surface area contributed by atoms with Crippen molar-refractivity contribution in [2.24, 2.45) is 0 Å². The van der Waals surface area contributed by atoms with Crippen LogP contribution in [-0.2, 0) is 4.74 Å². The Labute approximate surface area is 110 Å². The highest BCUT2D eigenvalue weighted by Crippen LogP contribution is 2.23. The average Bonchev–Trinajstić information content (AvgIpc) is 2.92. The van der Waals surface area contributed by atoms with Crippen LogP contribution in [0.4, 0.5) is 5.69 Å². The Morgan fingerprint density at radius 2 is 2.33 bits per heavy atom. The number of rotatable bonds is 4. The summed E-state index contributed by atoms with van der Waals surface area (Å²) in [6, 6.07) is 7.81. The van der Waals surface area contributed by atoms with E-state index in [9.17, 15) is 4.79 Å². The van der Waals surface area contributed by atoms with Crippen molar-refractivity contribution in [3.63, 3.8) is 0 Å². The molecule has 0 radical (unpaired) electrons. The summed E-state index contributed by atoms with van der Waals surface area (Å²) < 4.78 is 4.64. The number of aromatic nitrogens is 1. The molecule has 0 bridgehead atoms. The van der Waals surface area contributed by atoms with E-state index in [4.69, 9.17) is 0 Å². The SMILES string of the molecule is COC(=O)c1cc(NC(C)c2cccs2)ccn1. The molecule has 0 amide bonds. The molecule has 1 N–H and O–H groups in total. The Morgan fingerprint density at radius 3 is 3.00 bits per heavy atom. The first kappa shape index (κ1) is 12.6. The van der Waals surface area contributed by atoms with Crippen LogP contribution in [0.2, 0.25) is 0 Å². The quantitative estimate of drug-likeness (QED) is 0.860. The molecule has 0 spiro atoms. The number of hydrogen-bond acceptors (Lipinski definition) is 5. The second-order valence-corrected chi connectivity index (χ2v) is 4.78. The molecule has 0 saturated heterocycles. The Morgan fingerprint density at radius 1 is 1.50 bits per heavy atom. The molecule has 0 aromatic carbocycles. The highest BCUT2D eigenvalue weighted by atomic mass is 32.1. The van der Waals surface area contributed by atoms with Crippen LogP contribution in [-0.4, -0.2) is 18.1 Å². The topological polar surface area (TPSA) is 51.2 Å². The molecule has 2 heterocycles. The lowest BCUT2D eigenvalue weighted by atomic mass is 10.2. The van der Waals surface area contributed by atoms with E-state index in [0.29, 0.717) is 5.69 Å². The molecular formula is C13H14N2O2S. The van der Waals surface area contributed by atoms with Gasteiger partial charge in [-0.1, -0.05) is 6.07 Å². The lowest BCUT2D eigenvalue weighted by Gasteiger charge is -2.13. The molecule has 1 unspecified atom stereocenters. The molecule has 5 heteroatoms. The lowest BCUT2D eigenvalue weighted by Crippen LogP contribution is -2.08. The first-order valence-electron chi connectivity index (χ1n) is 5.55. The summed E-state index contributed by atoms with van der Waals surface area (Å²) in [4.78, 5) is 16.6. The second-order valence-electron chi connectivity index (χ2n) is 3.80. The number of ether oxygens (including phenoxy) is 1. The third-order valence-corrected chi connectivity index (χ3v) is 3.56. The van der Waals surface area contributed by atoms with Crippen LogP contribution >= 0.6 is 11.3 Å². The highest BCUT2D eigenvalue weighted by Gasteiger charge is 2.10. The van der Waals surface area contributed by atoms with Gasteiger partial charge in [-0.15, -0.1) is 11.3 Å². The van der Waals surface area contributed by atoms with E-state index in [1.807, 2.05) is 17.5 Å². The number of carbonyl (C=O) groups excluding carboxylic acids is 1. The van der Waals surface area contributed by atoms with Crippen molar-refractivity contribution < 1.29 is 9.53 Å². The monoisotopic (exact) mass is 262 g/mol. The molecule has 2 rings (SSSR count). The Hall–Kier alpha value is -1.88. The molecule has 0 aliphatic rings. The van der Waals surface area contributed by atoms with Crippen molar-refractivity contribution in [3.05, 3.63) is 46.4 Å². The highest BCUT2D eigenvalue weighted by molar-refractivity contribution is 7.10. The number of nitrogens with zero attached hydrogens (tertiary/aromatic N) is 1. The number of esters is 1. The van der Waals surface area contributed by atoms with Crippen LogP contribution in [0.25, 0.3) is 0 Å². The number of hydrogen-bond donors (Lipinski definition) is 1.